The maximum absolute atomic E-state index is 13.4. The Morgan fingerprint density at radius 3 is 3.00 bits per heavy atom. The molecule has 1 aromatic carbocycles. The van der Waals surface area contributed by atoms with Crippen LogP contribution in [0.25, 0.3) is 10.2 Å². The molecule has 2 aromatic heterocycles. The molecule has 0 spiro atoms. The van der Waals surface area contributed by atoms with E-state index < -0.39 is 11.7 Å². The molecule has 0 bridgehead atoms. The van der Waals surface area contributed by atoms with Gasteiger partial charge in [0.2, 0.25) is 0 Å². The van der Waals surface area contributed by atoms with E-state index in [2.05, 4.69) is 15.5 Å². The van der Waals surface area contributed by atoms with Gasteiger partial charge in [-0.3, -0.25) is 14.2 Å². The minimum atomic E-state index is -0.498. The van der Waals surface area contributed by atoms with Crippen LogP contribution in [0.2, 0.25) is 0 Å². The summed E-state index contributed by atoms with van der Waals surface area (Å²) in [5.74, 6) is -0.933. The molecule has 0 saturated heterocycles. The molecule has 3 rings (SSSR count). The minimum absolute atomic E-state index is 0.215. The highest BCUT2D eigenvalue weighted by Crippen LogP contribution is 2.20. The van der Waals surface area contributed by atoms with Crippen molar-refractivity contribution in [2.45, 2.75) is 19.9 Å². The lowest BCUT2D eigenvalue weighted by molar-refractivity contribution is -0.121. The van der Waals surface area contributed by atoms with Gasteiger partial charge in [0.05, 0.1) is 17.9 Å². The number of hydrogen-bond donors (Lipinski definition) is 1. The van der Waals surface area contributed by atoms with Crippen molar-refractivity contribution >= 4 is 33.7 Å². The maximum Gasteiger partial charge on any atom is 0.262 e. The molecule has 0 fully saturated rings. The van der Waals surface area contributed by atoms with E-state index in [0.717, 1.165) is 11.3 Å². The number of carbonyl (C=O) groups is 1. The lowest BCUT2D eigenvalue weighted by Crippen LogP contribution is -2.29. The highest BCUT2D eigenvalue weighted by Gasteiger charge is 2.10. The van der Waals surface area contributed by atoms with Gasteiger partial charge in [0.25, 0.3) is 11.5 Å². The Bertz CT molecular complexity index is 1010. The first-order valence-corrected chi connectivity index (χ1v) is 8.44. The lowest BCUT2D eigenvalue weighted by Gasteiger charge is -2.03. The van der Waals surface area contributed by atoms with Crippen molar-refractivity contribution in [1.29, 1.82) is 0 Å². The third-order valence-corrected chi connectivity index (χ3v) is 4.72. The standard InChI is InChI=1S/C17H15FN4O2S/c1-2-12-7-13-16(25-12)19-10-22(17(13)24)9-15(23)21-20-8-11-5-3-4-6-14(11)18/h3-8,10H,2,9H2,1H3,(H,21,23)/b20-8+. The fourth-order valence-electron chi connectivity index (χ4n) is 2.24. The number of nitrogens with one attached hydrogen (secondary N) is 1. The number of hydrogen-bond acceptors (Lipinski definition) is 5. The zero-order valence-electron chi connectivity index (χ0n) is 13.4. The van der Waals surface area contributed by atoms with E-state index in [9.17, 15) is 14.0 Å². The first-order valence-electron chi connectivity index (χ1n) is 7.62. The van der Waals surface area contributed by atoms with Gasteiger partial charge in [-0.15, -0.1) is 11.3 Å². The molecule has 0 saturated carbocycles. The number of halogens is 1. The van der Waals surface area contributed by atoms with Crippen LogP contribution in [-0.4, -0.2) is 21.7 Å². The molecule has 3 aromatic rings. The number of rotatable bonds is 5. The Morgan fingerprint density at radius 2 is 2.24 bits per heavy atom. The van der Waals surface area contributed by atoms with Crippen LogP contribution >= 0.6 is 11.3 Å². The van der Waals surface area contributed by atoms with E-state index in [-0.39, 0.29) is 17.7 Å². The Morgan fingerprint density at radius 1 is 1.44 bits per heavy atom. The predicted octanol–water partition coefficient (Wildman–Crippen LogP) is 2.31. The third kappa shape index (κ3) is 3.80. The summed E-state index contributed by atoms with van der Waals surface area (Å²) in [5.41, 5.74) is 2.27. The molecule has 0 radical (unpaired) electrons. The van der Waals surface area contributed by atoms with Crippen LogP contribution in [0.5, 0.6) is 0 Å². The molecule has 0 aliphatic carbocycles. The normalized spacial score (nSPS) is 11.3. The Hall–Kier alpha value is -2.87. The number of hydrazone groups is 1. The molecule has 2 heterocycles. The van der Waals surface area contributed by atoms with Crippen molar-refractivity contribution in [3.8, 4) is 0 Å². The summed E-state index contributed by atoms with van der Waals surface area (Å²) in [7, 11) is 0. The van der Waals surface area contributed by atoms with Gasteiger partial charge >= 0.3 is 0 Å². The van der Waals surface area contributed by atoms with Gasteiger partial charge in [0, 0.05) is 10.4 Å². The molecular formula is C17H15FN4O2S. The number of aromatic nitrogens is 2. The molecule has 1 N–H and O–H groups in total. The summed E-state index contributed by atoms with van der Waals surface area (Å²) < 4.78 is 14.7. The molecule has 6 nitrogen and oxygen atoms in total. The van der Waals surface area contributed by atoms with Crippen LogP contribution in [0, 0.1) is 5.82 Å². The van der Waals surface area contributed by atoms with E-state index in [4.69, 9.17) is 0 Å². The molecule has 0 atom stereocenters. The SMILES string of the molecule is CCc1cc2c(=O)n(CC(=O)N/N=C/c3ccccc3F)cnc2s1. The van der Waals surface area contributed by atoms with Crippen LogP contribution in [-0.2, 0) is 17.8 Å². The first-order chi connectivity index (χ1) is 12.1. The highest BCUT2D eigenvalue weighted by molar-refractivity contribution is 7.18. The van der Waals surface area contributed by atoms with Crippen molar-refractivity contribution in [2.75, 3.05) is 0 Å². The average Bonchev–Trinajstić information content (AvgIpc) is 3.03. The molecule has 0 aliphatic heterocycles. The summed E-state index contributed by atoms with van der Waals surface area (Å²) in [5, 5.41) is 4.22. The van der Waals surface area contributed by atoms with Crippen LogP contribution in [0.4, 0.5) is 4.39 Å². The van der Waals surface area contributed by atoms with Gasteiger partial charge < -0.3 is 0 Å². The van der Waals surface area contributed by atoms with E-state index in [0.29, 0.717) is 10.2 Å². The summed E-state index contributed by atoms with van der Waals surface area (Å²) in [4.78, 5) is 30.3. The summed E-state index contributed by atoms with van der Waals surface area (Å²) in [6.45, 7) is 1.79. The van der Waals surface area contributed by atoms with Crippen molar-refractivity contribution < 1.29 is 9.18 Å². The number of fused-ring (bicyclic) bond motifs is 1. The fourth-order valence-corrected chi connectivity index (χ4v) is 3.17. The van der Waals surface area contributed by atoms with Gasteiger partial charge in [-0.2, -0.15) is 5.10 Å². The van der Waals surface area contributed by atoms with Crippen LogP contribution in [0.3, 0.4) is 0 Å². The van der Waals surface area contributed by atoms with Gasteiger partial charge in [-0.1, -0.05) is 25.1 Å². The predicted molar refractivity (Wildman–Crippen MR) is 95.4 cm³/mol. The monoisotopic (exact) mass is 358 g/mol. The zero-order chi connectivity index (χ0) is 17.8. The molecule has 0 unspecified atom stereocenters. The van der Waals surface area contributed by atoms with Gasteiger partial charge in [0.1, 0.15) is 17.2 Å². The Balaban J connectivity index is 1.71. The molecule has 25 heavy (non-hydrogen) atoms. The van der Waals surface area contributed by atoms with E-state index in [1.165, 1.54) is 40.6 Å². The third-order valence-electron chi connectivity index (χ3n) is 3.53. The van der Waals surface area contributed by atoms with Crippen LogP contribution in [0.1, 0.15) is 17.4 Å². The smallest absolute Gasteiger partial charge is 0.262 e. The number of carbonyl (C=O) groups excluding carboxylic acids is 1. The molecule has 8 heteroatoms. The second-order valence-corrected chi connectivity index (χ2v) is 6.39. The number of benzene rings is 1. The first kappa shape index (κ1) is 17.0. The summed E-state index contributed by atoms with van der Waals surface area (Å²) in [6.07, 6.45) is 3.39. The molecule has 0 aliphatic rings. The molecule has 1 amide bonds. The summed E-state index contributed by atoms with van der Waals surface area (Å²) >= 11 is 1.47. The average molecular weight is 358 g/mol. The number of thiophene rings is 1. The molecule has 128 valence electrons. The minimum Gasteiger partial charge on any atom is -0.289 e. The number of amides is 1. The number of nitrogens with zero attached hydrogens (tertiary/aromatic N) is 3. The molecular weight excluding hydrogens is 343 g/mol. The van der Waals surface area contributed by atoms with Crippen molar-refractivity contribution in [3.63, 3.8) is 0 Å². The second kappa shape index (κ2) is 7.35. The fraction of sp³-hybridized carbons (Fsp3) is 0.176. The Labute approximate surface area is 146 Å². The zero-order valence-corrected chi connectivity index (χ0v) is 14.2. The quantitative estimate of drug-likeness (QED) is 0.562. The maximum atomic E-state index is 13.4. The van der Waals surface area contributed by atoms with Gasteiger partial charge in [-0.25, -0.2) is 14.8 Å². The summed E-state index contributed by atoms with van der Waals surface area (Å²) in [6, 6.07) is 7.87. The van der Waals surface area contributed by atoms with E-state index >= 15 is 0 Å². The van der Waals surface area contributed by atoms with Crippen LogP contribution in [0.15, 0.2) is 46.6 Å². The second-order valence-electron chi connectivity index (χ2n) is 5.28. The van der Waals surface area contributed by atoms with Crippen LogP contribution < -0.4 is 11.0 Å². The van der Waals surface area contributed by atoms with E-state index in [1.807, 2.05) is 6.92 Å². The van der Waals surface area contributed by atoms with Crippen molar-refractivity contribution in [3.05, 3.63) is 63.3 Å². The van der Waals surface area contributed by atoms with Crippen molar-refractivity contribution in [1.82, 2.24) is 15.0 Å². The lowest BCUT2D eigenvalue weighted by atomic mass is 10.2. The van der Waals surface area contributed by atoms with Crippen molar-refractivity contribution in [2.24, 2.45) is 5.10 Å². The Kier molecular flexibility index (Phi) is 4.99. The van der Waals surface area contributed by atoms with Gasteiger partial charge in [-0.05, 0) is 18.6 Å². The largest absolute Gasteiger partial charge is 0.289 e. The van der Waals surface area contributed by atoms with Gasteiger partial charge in [0.15, 0.2) is 0 Å². The topological polar surface area (TPSA) is 76.3 Å². The number of aryl methyl sites for hydroxylation is 1. The highest BCUT2D eigenvalue weighted by atomic mass is 32.1. The van der Waals surface area contributed by atoms with E-state index in [1.54, 1.807) is 18.2 Å².